The van der Waals surface area contributed by atoms with Crippen molar-refractivity contribution in [3.8, 4) is 0 Å². The lowest BCUT2D eigenvalue weighted by atomic mass is 9.63. The third kappa shape index (κ3) is 1.71. The number of amides is 2. The van der Waals surface area contributed by atoms with Crippen molar-refractivity contribution in [1.29, 1.82) is 0 Å². The molecule has 0 N–H and O–H groups in total. The number of rotatable bonds is 2. The minimum Gasteiger partial charge on any atom is -0.278 e. The van der Waals surface area contributed by atoms with Crippen LogP contribution in [0.2, 0.25) is 0 Å². The summed E-state index contributed by atoms with van der Waals surface area (Å²) in [6.07, 6.45) is 5.67. The molecule has 1 heterocycles. The largest absolute Gasteiger partial charge is 0.278 e. The average molecular weight is 329 g/mol. The van der Waals surface area contributed by atoms with Crippen LogP contribution in [0.1, 0.15) is 12.0 Å². The smallest absolute Gasteiger partial charge is 0.234 e. The van der Waals surface area contributed by atoms with E-state index in [-0.39, 0.29) is 23.7 Å². The van der Waals surface area contributed by atoms with Crippen molar-refractivity contribution in [1.82, 2.24) is 4.90 Å². The highest BCUT2D eigenvalue weighted by Crippen LogP contribution is 2.65. The molecule has 3 nitrogen and oxygen atoms in total. The quantitative estimate of drug-likeness (QED) is 0.625. The van der Waals surface area contributed by atoms with Gasteiger partial charge in [0.25, 0.3) is 0 Å². The van der Waals surface area contributed by atoms with Gasteiger partial charge in [0.1, 0.15) is 0 Å². The fourth-order valence-electron chi connectivity index (χ4n) is 5.78. The van der Waals surface area contributed by atoms with Gasteiger partial charge in [-0.15, -0.1) is 0 Å². The zero-order chi connectivity index (χ0) is 16.7. The first-order valence-corrected chi connectivity index (χ1v) is 9.24. The van der Waals surface area contributed by atoms with E-state index in [4.69, 9.17) is 0 Å². The van der Waals surface area contributed by atoms with Crippen molar-refractivity contribution in [2.75, 3.05) is 0 Å². The Morgan fingerprint density at radius 1 is 0.840 bits per heavy atom. The summed E-state index contributed by atoms with van der Waals surface area (Å²) in [5, 5.41) is 2.28. The Labute approximate surface area is 146 Å². The van der Waals surface area contributed by atoms with Crippen molar-refractivity contribution in [2.45, 2.75) is 13.0 Å². The Morgan fingerprint density at radius 3 is 2.20 bits per heavy atom. The molecule has 2 bridgehead atoms. The molecular weight excluding hydrogens is 310 g/mol. The van der Waals surface area contributed by atoms with Crippen molar-refractivity contribution in [3.63, 3.8) is 0 Å². The highest BCUT2D eigenvalue weighted by Gasteiger charge is 2.66. The minimum atomic E-state index is -0.0961. The van der Waals surface area contributed by atoms with E-state index < -0.39 is 0 Å². The summed E-state index contributed by atoms with van der Waals surface area (Å²) in [7, 11) is 0. The van der Waals surface area contributed by atoms with E-state index in [2.05, 4.69) is 30.4 Å². The van der Waals surface area contributed by atoms with Crippen LogP contribution in [0.5, 0.6) is 0 Å². The summed E-state index contributed by atoms with van der Waals surface area (Å²) in [6, 6.07) is 14.3. The van der Waals surface area contributed by atoms with E-state index in [9.17, 15) is 9.59 Å². The number of fused-ring (bicyclic) bond motifs is 1. The van der Waals surface area contributed by atoms with E-state index >= 15 is 0 Å². The molecule has 2 aromatic rings. The number of benzene rings is 2. The Morgan fingerprint density at radius 2 is 1.48 bits per heavy atom. The van der Waals surface area contributed by atoms with Gasteiger partial charge in [-0.1, -0.05) is 54.6 Å². The van der Waals surface area contributed by atoms with Crippen LogP contribution in [0.4, 0.5) is 0 Å². The Bertz CT molecular complexity index is 920. The lowest BCUT2D eigenvalue weighted by Crippen LogP contribution is -2.40. The summed E-state index contributed by atoms with van der Waals surface area (Å²) in [6.45, 7) is 0.404. The number of carbonyl (C=O) groups is 2. The van der Waals surface area contributed by atoms with Crippen LogP contribution in [0.25, 0.3) is 10.8 Å². The van der Waals surface area contributed by atoms with Crippen LogP contribution in [0.15, 0.2) is 54.6 Å². The van der Waals surface area contributed by atoms with E-state index in [0.717, 1.165) is 16.3 Å². The SMILES string of the molecule is O=C1[C@@H]2[C@H]3C=C[C@@H]([C@@H]4C[C@@H]34)[C@H]2C(=O)N1Cc1cccc2ccccc12. The first kappa shape index (κ1) is 13.8. The van der Waals surface area contributed by atoms with Gasteiger partial charge in [0.05, 0.1) is 18.4 Å². The van der Waals surface area contributed by atoms with Crippen LogP contribution in [0.3, 0.4) is 0 Å². The Balaban J connectivity index is 1.38. The monoisotopic (exact) mass is 329 g/mol. The molecule has 5 aliphatic rings. The van der Waals surface area contributed by atoms with Crippen molar-refractivity contribution in [2.24, 2.45) is 35.5 Å². The maximum Gasteiger partial charge on any atom is 0.234 e. The summed E-state index contributed by atoms with van der Waals surface area (Å²) in [5.74, 6) is 1.85. The maximum absolute atomic E-state index is 13.1. The van der Waals surface area contributed by atoms with Gasteiger partial charge >= 0.3 is 0 Å². The van der Waals surface area contributed by atoms with Crippen LogP contribution in [0, 0.1) is 35.5 Å². The number of hydrogen-bond donors (Lipinski definition) is 0. The maximum atomic E-state index is 13.1. The van der Waals surface area contributed by atoms with Crippen LogP contribution in [-0.2, 0) is 16.1 Å². The summed E-state index contributed by atoms with van der Waals surface area (Å²) in [4.78, 5) is 27.8. The molecule has 2 saturated carbocycles. The van der Waals surface area contributed by atoms with Gasteiger partial charge in [-0.2, -0.15) is 0 Å². The fourth-order valence-corrected chi connectivity index (χ4v) is 5.78. The number of allylic oxidation sites excluding steroid dienone is 2. The predicted molar refractivity (Wildman–Crippen MR) is 94.2 cm³/mol. The van der Waals surface area contributed by atoms with Crippen LogP contribution < -0.4 is 0 Å². The highest BCUT2D eigenvalue weighted by atomic mass is 16.2. The molecule has 7 rings (SSSR count). The summed E-state index contributed by atoms with van der Waals surface area (Å²) < 4.78 is 0. The number of hydrogen-bond acceptors (Lipinski definition) is 2. The first-order valence-electron chi connectivity index (χ1n) is 9.24. The number of likely N-dealkylation sites (tertiary alicyclic amines) is 1. The molecular formula is C22H19NO2. The Hall–Kier alpha value is -2.42. The van der Waals surface area contributed by atoms with E-state index in [0.29, 0.717) is 30.2 Å². The van der Waals surface area contributed by atoms with Gasteiger partial charge in [0, 0.05) is 0 Å². The molecule has 0 radical (unpaired) electrons. The van der Waals surface area contributed by atoms with Crippen LogP contribution in [-0.4, -0.2) is 16.7 Å². The molecule has 3 fully saturated rings. The number of carbonyl (C=O) groups excluding carboxylic acids is 2. The average Bonchev–Trinajstić information content (AvgIpc) is 3.43. The molecule has 124 valence electrons. The van der Waals surface area contributed by atoms with Crippen molar-refractivity contribution < 1.29 is 9.59 Å². The van der Waals surface area contributed by atoms with Gasteiger partial charge < -0.3 is 0 Å². The lowest BCUT2D eigenvalue weighted by Gasteiger charge is -2.37. The number of nitrogens with zero attached hydrogens (tertiary/aromatic N) is 1. The standard InChI is InChI=1S/C22H19NO2/c24-21-19-15-8-9-16(18-10-17(15)18)20(19)22(25)23(21)11-13-6-3-5-12-4-1-2-7-14(12)13/h1-9,15-20H,10-11H2/t15-,16-,17-,18-,19+,20+/m0/s1. The fraction of sp³-hybridized carbons (Fsp3) is 0.364. The summed E-state index contributed by atoms with van der Waals surface area (Å²) in [5.41, 5.74) is 1.06. The molecule has 1 aliphatic heterocycles. The molecule has 2 aromatic carbocycles. The van der Waals surface area contributed by atoms with Gasteiger partial charge in [-0.05, 0) is 46.4 Å². The zero-order valence-electron chi connectivity index (χ0n) is 13.8. The molecule has 3 heteroatoms. The third-order valence-electron chi connectivity index (χ3n) is 6.96. The Kier molecular flexibility index (Phi) is 2.54. The normalized spacial score (nSPS) is 37.5. The third-order valence-corrected chi connectivity index (χ3v) is 6.96. The molecule has 1 saturated heterocycles. The molecule has 0 unspecified atom stereocenters. The second-order valence-electron chi connectivity index (χ2n) is 8.06. The topological polar surface area (TPSA) is 37.4 Å². The molecule has 25 heavy (non-hydrogen) atoms. The lowest BCUT2D eigenvalue weighted by molar-refractivity contribution is -0.140. The molecule has 0 aromatic heterocycles. The molecule has 0 spiro atoms. The minimum absolute atomic E-state index is 0.0626. The van der Waals surface area contributed by atoms with Crippen molar-refractivity contribution >= 4 is 22.6 Å². The first-order chi connectivity index (χ1) is 12.2. The summed E-state index contributed by atoms with van der Waals surface area (Å²) >= 11 is 0. The van der Waals surface area contributed by atoms with Gasteiger partial charge in [-0.25, -0.2) is 0 Å². The molecule has 4 aliphatic carbocycles. The van der Waals surface area contributed by atoms with Gasteiger partial charge in [-0.3, -0.25) is 14.5 Å². The van der Waals surface area contributed by atoms with Gasteiger partial charge in [0.15, 0.2) is 0 Å². The van der Waals surface area contributed by atoms with E-state index in [1.165, 1.54) is 6.42 Å². The van der Waals surface area contributed by atoms with Gasteiger partial charge in [0.2, 0.25) is 11.8 Å². The zero-order valence-corrected chi connectivity index (χ0v) is 13.8. The van der Waals surface area contributed by atoms with E-state index in [1.54, 1.807) is 4.90 Å². The second kappa shape index (κ2) is 4.60. The van der Waals surface area contributed by atoms with E-state index in [1.807, 2.05) is 24.3 Å². The second-order valence-corrected chi connectivity index (χ2v) is 8.06. The highest BCUT2D eigenvalue weighted by molar-refractivity contribution is 6.06. The van der Waals surface area contributed by atoms with Crippen LogP contribution >= 0.6 is 0 Å². The van der Waals surface area contributed by atoms with Crippen molar-refractivity contribution in [3.05, 3.63) is 60.2 Å². The predicted octanol–water partition coefficient (Wildman–Crippen LogP) is 3.39. The number of imide groups is 1. The molecule has 2 amide bonds. The molecule has 6 atom stereocenters.